The lowest BCUT2D eigenvalue weighted by Gasteiger charge is -2.16. The predicted molar refractivity (Wildman–Crippen MR) is 62.4 cm³/mol. The number of benzene rings is 1. The van der Waals surface area contributed by atoms with Crippen LogP contribution in [-0.4, -0.2) is 16.6 Å². The molecule has 0 N–H and O–H groups in total. The molecule has 0 saturated carbocycles. The number of halogens is 3. The van der Waals surface area contributed by atoms with Gasteiger partial charge in [-0.3, -0.25) is 4.79 Å². The maximum absolute atomic E-state index is 13.1. The lowest BCUT2D eigenvalue weighted by atomic mass is 9.95. The number of carbonyl (C=O) groups is 1. The molecule has 0 aromatic heterocycles. The Morgan fingerprint density at radius 2 is 2.06 bits per heavy atom. The molecule has 1 unspecified atom stereocenters. The first kappa shape index (κ1) is 12.7. The molecule has 6 heteroatoms. The van der Waals surface area contributed by atoms with Crippen LogP contribution in [-0.2, 0) is 9.63 Å². The van der Waals surface area contributed by atoms with Gasteiger partial charge in [0.05, 0.1) is 5.71 Å². The Morgan fingerprint density at radius 1 is 1.44 bits per heavy atom. The summed E-state index contributed by atoms with van der Waals surface area (Å²) in [5.41, 5.74) is -1.02. The van der Waals surface area contributed by atoms with Crippen molar-refractivity contribution >= 4 is 22.6 Å². The van der Waals surface area contributed by atoms with E-state index in [1.807, 2.05) is 0 Å². The zero-order chi connectivity index (χ0) is 13.3. The smallest absolute Gasteiger partial charge is 0.272 e. The molecular weight excluding hydrogens is 264 g/mol. The zero-order valence-corrected chi connectivity index (χ0v) is 9.88. The van der Waals surface area contributed by atoms with Gasteiger partial charge in [-0.2, -0.15) is 0 Å². The van der Waals surface area contributed by atoms with E-state index in [1.165, 1.54) is 6.08 Å². The number of nitrogens with zero attached hydrogens (tertiary/aromatic N) is 1. The van der Waals surface area contributed by atoms with E-state index in [2.05, 4.69) is 11.7 Å². The molecule has 0 saturated heterocycles. The maximum atomic E-state index is 13.1. The van der Waals surface area contributed by atoms with Crippen molar-refractivity contribution in [2.24, 2.45) is 5.16 Å². The molecule has 0 bridgehead atoms. The van der Waals surface area contributed by atoms with Crippen molar-refractivity contribution in [1.82, 2.24) is 0 Å². The maximum Gasteiger partial charge on any atom is 0.272 e. The Balaban J connectivity index is 2.33. The fourth-order valence-corrected chi connectivity index (χ4v) is 1.80. The molecule has 1 aliphatic heterocycles. The standard InChI is InChI=1S/C12H8ClF2NO2/c1-2-12(11(13)17)6-10(16-18-12)7-3-8(14)5-9(15)4-7/h2-5H,1,6H2. The van der Waals surface area contributed by atoms with Gasteiger partial charge < -0.3 is 4.84 Å². The lowest BCUT2D eigenvalue weighted by Crippen LogP contribution is -2.33. The van der Waals surface area contributed by atoms with Crippen molar-refractivity contribution in [3.63, 3.8) is 0 Å². The third-order valence-corrected chi connectivity index (χ3v) is 2.93. The van der Waals surface area contributed by atoms with Crippen LogP contribution < -0.4 is 0 Å². The van der Waals surface area contributed by atoms with E-state index < -0.39 is 22.5 Å². The zero-order valence-electron chi connectivity index (χ0n) is 9.12. The summed E-state index contributed by atoms with van der Waals surface area (Å²) in [6.45, 7) is 3.45. The first-order valence-corrected chi connectivity index (χ1v) is 5.40. The molecule has 3 nitrogen and oxygen atoms in total. The van der Waals surface area contributed by atoms with Gasteiger partial charge in [0, 0.05) is 18.1 Å². The van der Waals surface area contributed by atoms with E-state index in [0.717, 1.165) is 18.2 Å². The SMILES string of the molecule is C=CC1(C(=O)Cl)CC(c2cc(F)cc(F)c2)=NO1. The van der Waals surface area contributed by atoms with Crippen molar-refractivity contribution in [3.8, 4) is 0 Å². The van der Waals surface area contributed by atoms with Crippen LogP contribution >= 0.6 is 11.6 Å². The normalized spacial score (nSPS) is 22.3. The quantitative estimate of drug-likeness (QED) is 0.626. The molecule has 1 aromatic carbocycles. The van der Waals surface area contributed by atoms with Crippen molar-refractivity contribution < 1.29 is 18.4 Å². The van der Waals surface area contributed by atoms with Gasteiger partial charge in [0.15, 0.2) is 0 Å². The number of rotatable bonds is 3. The van der Waals surface area contributed by atoms with Gasteiger partial charge in [-0.05, 0) is 29.8 Å². The van der Waals surface area contributed by atoms with Crippen LogP contribution in [0.5, 0.6) is 0 Å². The van der Waals surface area contributed by atoms with Crippen LogP contribution in [0, 0.1) is 11.6 Å². The van der Waals surface area contributed by atoms with Crippen LogP contribution in [0.3, 0.4) is 0 Å². The highest BCUT2D eigenvalue weighted by Gasteiger charge is 2.43. The fraction of sp³-hybridized carbons (Fsp3) is 0.167. The summed E-state index contributed by atoms with van der Waals surface area (Å²) >= 11 is 5.40. The van der Waals surface area contributed by atoms with Crippen LogP contribution in [0.4, 0.5) is 8.78 Å². The Morgan fingerprint density at radius 3 is 2.50 bits per heavy atom. The minimum absolute atomic E-state index is 0.0122. The van der Waals surface area contributed by atoms with Crippen molar-refractivity contribution in [2.75, 3.05) is 0 Å². The summed E-state index contributed by atoms with van der Waals surface area (Å²) in [4.78, 5) is 16.2. The topological polar surface area (TPSA) is 38.7 Å². The third kappa shape index (κ3) is 2.13. The molecule has 1 heterocycles. The van der Waals surface area contributed by atoms with E-state index in [-0.39, 0.29) is 17.7 Å². The Labute approximate surface area is 107 Å². The highest BCUT2D eigenvalue weighted by atomic mass is 35.5. The summed E-state index contributed by atoms with van der Waals surface area (Å²) in [6.07, 6.45) is 1.20. The number of carbonyl (C=O) groups excluding carboxylic acids is 1. The highest BCUT2D eigenvalue weighted by molar-refractivity contribution is 6.66. The molecule has 1 aliphatic rings. The van der Waals surface area contributed by atoms with Crippen molar-refractivity contribution in [3.05, 3.63) is 48.1 Å². The van der Waals surface area contributed by atoms with Crippen molar-refractivity contribution in [2.45, 2.75) is 12.0 Å². The molecule has 1 atom stereocenters. The second-order valence-corrected chi connectivity index (χ2v) is 4.17. The molecule has 0 fully saturated rings. The summed E-state index contributed by atoms with van der Waals surface area (Å²) in [7, 11) is 0. The molecule has 0 spiro atoms. The highest BCUT2D eigenvalue weighted by Crippen LogP contribution is 2.30. The van der Waals surface area contributed by atoms with Gasteiger partial charge in [0.1, 0.15) is 11.6 Å². The molecule has 18 heavy (non-hydrogen) atoms. The van der Waals surface area contributed by atoms with E-state index in [1.54, 1.807) is 0 Å². The van der Waals surface area contributed by atoms with Gasteiger partial charge in [0.25, 0.3) is 5.24 Å². The predicted octanol–water partition coefficient (Wildman–Crippen LogP) is 2.78. The summed E-state index contributed by atoms with van der Waals surface area (Å²) in [5, 5.41) is 2.86. The molecule has 1 aromatic rings. The van der Waals surface area contributed by atoms with E-state index in [4.69, 9.17) is 16.4 Å². The van der Waals surface area contributed by atoms with E-state index in [0.29, 0.717) is 0 Å². The van der Waals surface area contributed by atoms with E-state index >= 15 is 0 Å². The molecular formula is C12H8ClF2NO2. The minimum atomic E-state index is -1.46. The van der Waals surface area contributed by atoms with Gasteiger partial charge in [-0.1, -0.05) is 11.7 Å². The number of hydrogen-bond acceptors (Lipinski definition) is 3. The second kappa shape index (κ2) is 4.49. The third-order valence-electron chi connectivity index (χ3n) is 2.61. The van der Waals surface area contributed by atoms with Gasteiger partial charge in [-0.15, -0.1) is 0 Å². The van der Waals surface area contributed by atoms with Gasteiger partial charge >= 0.3 is 0 Å². The van der Waals surface area contributed by atoms with Crippen molar-refractivity contribution in [1.29, 1.82) is 0 Å². The average molecular weight is 272 g/mol. The number of hydrogen-bond donors (Lipinski definition) is 0. The number of oxime groups is 1. The first-order valence-electron chi connectivity index (χ1n) is 5.02. The molecule has 0 aliphatic carbocycles. The second-order valence-electron chi connectivity index (χ2n) is 3.83. The average Bonchev–Trinajstić information content (AvgIpc) is 2.73. The van der Waals surface area contributed by atoms with Crippen LogP contribution in [0.2, 0.25) is 0 Å². The summed E-state index contributed by atoms with van der Waals surface area (Å²) in [6, 6.07) is 2.94. The largest absolute Gasteiger partial charge is 0.375 e. The molecule has 0 amide bonds. The minimum Gasteiger partial charge on any atom is -0.375 e. The Bertz CT molecular complexity index is 539. The van der Waals surface area contributed by atoms with E-state index in [9.17, 15) is 13.6 Å². The molecule has 2 rings (SSSR count). The molecule has 0 radical (unpaired) electrons. The van der Waals surface area contributed by atoms with Gasteiger partial charge in [0.2, 0.25) is 5.60 Å². The lowest BCUT2D eigenvalue weighted by molar-refractivity contribution is -0.127. The van der Waals surface area contributed by atoms with Crippen LogP contribution in [0.15, 0.2) is 36.0 Å². The summed E-state index contributed by atoms with van der Waals surface area (Å²) in [5.74, 6) is -1.47. The Kier molecular flexibility index (Phi) is 3.17. The monoisotopic (exact) mass is 271 g/mol. The molecule has 94 valence electrons. The summed E-state index contributed by atoms with van der Waals surface area (Å²) < 4.78 is 26.1. The van der Waals surface area contributed by atoms with Crippen LogP contribution in [0.1, 0.15) is 12.0 Å². The first-order chi connectivity index (χ1) is 8.47. The van der Waals surface area contributed by atoms with Gasteiger partial charge in [-0.25, -0.2) is 8.78 Å². The Hall–Kier alpha value is -1.75. The fourth-order valence-electron chi connectivity index (χ4n) is 1.62. The van der Waals surface area contributed by atoms with Crippen LogP contribution in [0.25, 0.3) is 0 Å².